The first-order valence-electron chi connectivity index (χ1n) is 2.51. The molecule has 0 amide bonds. The molecule has 0 bridgehead atoms. The van der Waals surface area contributed by atoms with E-state index in [0.29, 0.717) is 0 Å². The number of esters is 2. The second-order valence-electron chi connectivity index (χ2n) is 1.49. The van der Waals surface area contributed by atoms with E-state index in [4.69, 9.17) is 0 Å². The summed E-state index contributed by atoms with van der Waals surface area (Å²) < 4.78 is 8.12. The topological polar surface area (TPSA) is 52.6 Å². The van der Waals surface area contributed by atoms with Crippen molar-refractivity contribution in [2.45, 2.75) is 18.1 Å². The predicted octanol–water partition coefficient (Wildman–Crippen LogP) is 0.831. The summed E-state index contributed by atoms with van der Waals surface area (Å²) in [5, 5.41) is 0. The molecule has 0 aliphatic heterocycles. The molecule has 0 atom stereocenters. The van der Waals surface area contributed by atoms with Gasteiger partial charge in [0.15, 0.2) is 0 Å². The molecule has 5 heteroatoms. The Bertz CT molecular complexity index is 129. The summed E-state index contributed by atoms with van der Waals surface area (Å²) >= 11 is 1.69. The fourth-order valence-corrected chi connectivity index (χ4v) is 1.00. The van der Waals surface area contributed by atoms with Crippen LogP contribution < -0.4 is 0 Å². The number of hydrogen-bond donors (Lipinski definition) is 0. The molecule has 0 heterocycles. The lowest BCUT2D eigenvalue weighted by atomic mass is 10.8. The van der Waals surface area contributed by atoms with E-state index in [2.05, 4.69) is 9.47 Å². The van der Waals surface area contributed by atoms with Crippen molar-refractivity contribution in [1.82, 2.24) is 0 Å². The third-order valence-corrected chi connectivity index (χ3v) is 1.03. The first-order chi connectivity index (χ1) is 4.52. The lowest BCUT2D eigenvalue weighted by Crippen LogP contribution is -2.15. The maximum Gasteiger partial charge on any atom is 0.306 e. The lowest BCUT2D eigenvalue weighted by Gasteiger charge is -2.08. The predicted molar refractivity (Wildman–Crippen MR) is 41.3 cm³/mol. The van der Waals surface area contributed by atoms with E-state index in [1.807, 2.05) is 0 Å². The number of rotatable bonds is 2. The SMILES string of the molecule is CC(=O)OC(I)OC(C)=O. The number of alkyl halides is 1. The van der Waals surface area contributed by atoms with Crippen LogP contribution in [0, 0.1) is 0 Å². The van der Waals surface area contributed by atoms with Crippen molar-refractivity contribution < 1.29 is 19.1 Å². The average molecular weight is 258 g/mol. The van der Waals surface area contributed by atoms with Gasteiger partial charge < -0.3 is 9.47 Å². The monoisotopic (exact) mass is 258 g/mol. The zero-order chi connectivity index (χ0) is 8.15. The van der Waals surface area contributed by atoms with Gasteiger partial charge in [0.05, 0.1) is 0 Å². The van der Waals surface area contributed by atoms with Gasteiger partial charge in [0.2, 0.25) is 0 Å². The average Bonchev–Trinajstić information content (AvgIpc) is 1.58. The van der Waals surface area contributed by atoms with Crippen molar-refractivity contribution in [2.24, 2.45) is 0 Å². The zero-order valence-electron chi connectivity index (χ0n) is 5.59. The molecule has 0 rings (SSSR count). The second kappa shape index (κ2) is 4.48. The molecular formula is C5H7IO4. The molecule has 0 saturated heterocycles. The van der Waals surface area contributed by atoms with Crippen LogP contribution in [0.4, 0.5) is 0 Å². The van der Waals surface area contributed by atoms with Crippen LogP contribution in [-0.4, -0.2) is 16.2 Å². The molecule has 10 heavy (non-hydrogen) atoms. The summed E-state index contributed by atoms with van der Waals surface area (Å²) in [6, 6.07) is 0. The van der Waals surface area contributed by atoms with Crippen molar-refractivity contribution in [3.8, 4) is 0 Å². The molecule has 0 aromatic heterocycles. The van der Waals surface area contributed by atoms with E-state index >= 15 is 0 Å². The van der Waals surface area contributed by atoms with Crippen LogP contribution in [0.3, 0.4) is 0 Å². The largest absolute Gasteiger partial charge is 0.416 e. The Labute approximate surface area is 72.0 Å². The van der Waals surface area contributed by atoms with Gasteiger partial charge in [-0.1, -0.05) is 0 Å². The van der Waals surface area contributed by atoms with Gasteiger partial charge in [-0.15, -0.1) is 0 Å². The van der Waals surface area contributed by atoms with Crippen molar-refractivity contribution in [3.05, 3.63) is 0 Å². The van der Waals surface area contributed by atoms with Crippen LogP contribution in [0.25, 0.3) is 0 Å². The first-order valence-corrected chi connectivity index (χ1v) is 3.75. The van der Waals surface area contributed by atoms with Gasteiger partial charge in [-0.25, -0.2) is 0 Å². The van der Waals surface area contributed by atoms with E-state index < -0.39 is 16.2 Å². The molecule has 4 nitrogen and oxygen atoms in total. The van der Waals surface area contributed by atoms with Crippen LogP contribution >= 0.6 is 22.6 Å². The van der Waals surface area contributed by atoms with Gasteiger partial charge in [0.25, 0.3) is 4.30 Å². The lowest BCUT2D eigenvalue weighted by molar-refractivity contribution is -0.167. The van der Waals surface area contributed by atoms with E-state index in [1.165, 1.54) is 13.8 Å². The van der Waals surface area contributed by atoms with Gasteiger partial charge in [0, 0.05) is 36.4 Å². The van der Waals surface area contributed by atoms with Gasteiger partial charge >= 0.3 is 11.9 Å². The van der Waals surface area contributed by atoms with Crippen molar-refractivity contribution in [1.29, 1.82) is 0 Å². The van der Waals surface area contributed by atoms with Crippen molar-refractivity contribution >= 4 is 34.5 Å². The molecule has 0 fully saturated rings. The van der Waals surface area contributed by atoms with Gasteiger partial charge in [-0.2, -0.15) is 0 Å². The molecule has 0 aromatic rings. The van der Waals surface area contributed by atoms with Crippen LogP contribution in [-0.2, 0) is 19.1 Å². The highest BCUT2D eigenvalue weighted by Gasteiger charge is 2.08. The van der Waals surface area contributed by atoms with Crippen LogP contribution in [0.15, 0.2) is 0 Å². The Morgan fingerprint density at radius 1 is 1.20 bits per heavy atom. The van der Waals surface area contributed by atoms with E-state index in [9.17, 15) is 9.59 Å². The van der Waals surface area contributed by atoms with Crippen LogP contribution in [0.2, 0.25) is 0 Å². The Morgan fingerprint density at radius 3 is 1.70 bits per heavy atom. The van der Waals surface area contributed by atoms with Crippen LogP contribution in [0.5, 0.6) is 0 Å². The summed E-state index contributed by atoms with van der Waals surface area (Å²) in [6.07, 6.45) is 0. The second-order valence-corrected chi connectivity index (χ2v) is 2.51. The third-order valence-electron chi connectivity index (χ3n) is 0.517. The quantitative estimate of drug-likeness (QED) is 0.318. The Kier molecular flexibility index (Phi) is 4.33. The van der Waals surface area contributed by atoms with E-state index in [-0.39, 0.29) is 0 Å². The molecule has 0 aromatic carbocycles. The van der Waals surface area contributed by atoms with Crippen LogP contribution in [0.1, 0.15) is 13.8 Å². The van der Waals surface area contributed by atoms with Gasteiger partial charge in [-0.3, -0.25) is 9.59 Å². The Hall–Kier alpha value is -0.330. The molecule has 0 radical (unpaired) electrons. The number of carbonyl (C=O) groups excluding carboxylic acids is 2. The summed E-state index contributed by atoms with van der Waals surface area (Å²) in [6.45, 7) is 2.49. The number of hydrogen-bond acceptors (Lipinski definition) is 4. The highest BCUT2D eigenvalue weighted by molar-refractivity contribution is 14.1. The molecule has 0 unspecified atom stereocenters. The summed E-state index contributed by atoms with van der Waals surface area (Å²) in [4.78, 5) is 20.4. The van der Waals surface area contributed by atoms with E-state index in [0.717, 1.165) is 0 Å². The smallest absolute Gasteiger partial charge is 0.306 e. The van der Waals surface area contributed by atoms with E-state index in [1.54, 1.807) is 22.6 Å². The number of ether oxygens (including phenoxy) is 2. The first kappa shape index (κ1) is 9.67. The van der Waals surface area contributed by atoms with Crippen molar-refractivity contribution in [2.75, 3.05) is 0 Å². The molecule has 0 N–H and O–H groups in total. The molecule has 0 spiro atoms. The van der Waals surface area contributed by atoms with Gasteiger partial charge in [-0.05, 0) is 0 Å². The zero-order valence-corrected chi connectivity index (χ0v) is 7.75. The highest BCUT2D eigenvalue weighted by Crippen LogP contribution is 2.04. The fourth-order valence-electron chi connectivity index (χ4n) is 0.285. The minimum atomic E-state index is -0.812. The maximum atomic E-state index is 10.2. The number of carbonyl (C=O) groups is 2. The third kappa shape index (κ3) is 5.80. The molecule has 0 aliphatic carbocycles. The summed E-state index contributed by atoms with van der Waals surface area (Å²) in [5.74, 6) is -0.943. The summed E-state index contributed by atoms with van der Waals surface area (Å²) in [5.41, 5.74) is 0. The molecule has 58 valence electrons. The standard InChI is InChI=1S/C5H7IO4/c1-3(7)9-5(6)10-4(2)8/h5H,1-2H3. The maximum absolute atomic E-state index is 10.2. The highest BCUT2D eigenvalue weighted by atomic mass is 127. The normalized spacial score (nSPS) is 9.20. The molecular weight excluding hydrogens is 251 g/mol. The summed E-state index contributed by atoms with van der Waals surface area (Å²) in [7, 11) is 0. The minimum absolute atomic E-state index is 0.472. The minimum Gasteiger partial charge on any atom is -0.416 e. The van der Waals surface area contributed by atoms with Crippen molar-refractivity contribution in [3.63, 3.8) is 0 Å². The molecule has 0 saturated carbocycles. The Morgan fingerprint density at radius 2 is 1.50 bits per heavy atom. The van der Waals surface area contributed by atoms with Gasteiger partial charge in [0.1, 0.15) is 0 Å². The Balaban J connectivity index is 3.53. The number of halogens is 1. The molecule has 0 aliphatic rings. The fraction of sp³-hybridized carbons (Fsp3) is 0.600.